The molecule has 2 aliphatic heterocycles. The van der Waals surface area contributed by atoms with E-state index in [4.69, 9.17) is 0 Å². The lowest BCUT2D eigenvalue weighted by atomic mass is 10.0. The number of likely N-dealkylation sites (tertiary alicyclic amines) is 1. The van der Waals surface area contributed by atoms with Crippen LogP contribution in [-0.2, 0) is 16.1 Å². The van der Waals surface area contributed by atoms with Gasteiger partial charge in [-0.3, -0.25) is 19.4 Å². The van der Waals surface area contributed by atoms with E-state index in [9.17, 15) is 14.4 Å². The fraction of sp³-hybridized carbons (Fsp3) is 0.550. The average Bonchev–Trinajstić information content (AvgIpc) is 2.97. The Hall–Kier alpha value is -2.41. The molecule has 2 fully saturated rings. The molecule has 0 aromatic heterocycles. The minimum absolute atomic E-state index is 0.0492. The Kier molecular flexibility index (Phi) is 6.45. The van der Waals surface area contributed by atoms with Gasteiger partial charge in [-0.2, -0.15) is 0 Å². The van der Waals surface area contributed by atoms with Gasteiger partial charge in [-0.1, -0.05) is 18.6 Å². The van der Waals surface area contributed by atoms with Gasteiger partial charge < -0.3 is 10.6 Å². The lowest BCUT2D eigenvalue weighted by Gasteiger charge is -2.33. The standard InChI is InChI=1S/C20H28N4O3/c1-15-5-2-3-11-23(15)14-16-7-9-17(10-8-16)22-18(25)6-4-12-24-19(26)13-21-20(24)27/h7-10,15H,2-6,11-14H2,1H3,(H,21,27)(H,22,25). The number of amides is 4. The maximum absolute atomic E-state index is 12.1. The summed E-state index contributed by atoms with van der Waals surface area (Å²) in [4.78, 5) is 38.7. The summed E-state index contributed by atoms with van der Waals surface area (Å²) in [5.41, 5.74) is 2.02. The smallest absolute Gasteiger partial charge is 0.324 e. The minimum Gasteiger partial charge on any atom is -0.329 e. The molecule has 1 unspecified atom stereocenters. The van der Waals surface area contributed by atoms with Crippen molar-refractivity contribution in [2.75, 3.05) is 25.0 Å². The van der Waals surface area contributed by atoms with Crippen molar-refractivity contribution in [2.24, 2.45) is 0 Å². The zero-order valence-corrected chi connectivity index (χ0v) is 15.9. The van der Waals surface area contributed by atoms with Crippen molar-refractivity contribution in [3.63, 3.8) is 0 Å². The second-order valence-corrected chi connectivity index (χ2v) is 7.37. The lowest BCUT2D eigenvalue weighted by molar-refractivity contribution is -0.125. The maximum Gasteiger partial charge on any atom is 0.324 e. The fourth-order valence-electron chi connectivity index (χ4n) is 3.62. The Morgan fingerprint density at radius 1 is 1.22 bits per heavy atom. The predicted molar refractivity (Wildman–Crippen MR) is 103 cm³/mol. The second-order valence-electron chi connectivity index (χ2n) is 7.37. The van der Waals surface area contributed by atoms with Crippen LogP contribution in [-0.4, -0.2) is 53.3 Å². The van der Waals surface area contributed by atoms with Gasteiger partial charge in [0.25, 0.3) is 0 Å². The van der Waals surface area contributed by atoms with Crippen LogP contribution in [0.2, 0.25) is 0 Å². The van der Waals surface area contributed by atoms with Crippen LogP contribution < -0.4 is 10.6 Å². The van der Waals surface area contributed by atoms with Crippen LogP contribution >= 0.6 is 0 Å². The van der Waals surface area contributed by atoms with E-state index in [0.29, 0.717) is 12.5 Å². The van der Waals surface area contributed by atoms with E-state index in [-0.39, 0.29) is 37.4 Å². The zero-order valence-electron chi connectivity index (χ0n) is 15.9. The molecule has 0 aliphatic carbocycles. The highest BCUT2D eigenvalue weighted by Crippen LogP contribution is 2.20. The third kappa shape index (κ3) is 5.29. The molecule has 7 heteroatoms. The SMILES string of the molecule is CC1CCCCN1Cc1ccc(NC(=O)CCCN2C(=O)CNC2=O)cc1. The van der Waals surface area contributed by atoms with Crippen LogP contribution in [0.15, 0.2) is 24.3 Å². The molecule has 1 aromatic rings. The van der Waals surface area contributed by atoms with Crippen molar-refractivity contribution in [2.45, 2.75) is 51.6 Å². The Balaban J connectivity index is 1.41. The molecule has 3 rings (SSSR count). The van der Waals surface area contributed by atoms with Crippen molar-refractivity contribution in [3.05, 3.63) is 29.8 Å². The number of rotatable bonds is 7. The highest BCUT2D eigenvalue weighted by molar-refractivity contribution is 6.02. The van der Waals surface area contributed by atoms with E-state index in [1.807, 2.05) is 12.1 Å². The van der Waals surface area contributed by atoms with Crippen molar-refractivity contribution < 1.29 is 14.4 Å². The first kappa shape index (κ1) is 19.4. The van der Waals surface area contributed by atoms with Gasteiger partial charge in [0.2, 0.25) is 11.8 Å². The van der Waals surface area contributed by atoms with Crippen LogP contribution in [0, 0.1) is 0 Å². The van der Waals surface area contributed by atoms with Crippen LogP contribution in [0.4, 0.5) is 10.5 Å². The summed E-state index contributed by atoms with van der Waals surface area (Å²) in [5.74, 6) is -0.349. The fourth-order valence-corrected chi connectivity index (χ4v) is 3.62. The Labute approximate surface area is 160 Å². The van der Waals surface area contributed by atoms with Gasteiger partial charge in [0.15, 0.2) is 0 Å². The Bertz CT molecular complexity index is 673. The third-order valence-corrected chi connectivity index (χ3v) is 5.29. The molecular weight excluding hydrogens is 344 g/mol. The van der Waals surface area contributed by atoms with Gasteiger partial charge in [-0.15, -0.1) is 0 Å². The number of carbonyl (C=O) groups excluding carboxylic acids is 3. The monoisotopic (exact) mass is 372 g/mol. The summed E-state index contributed by atoms with van der Waals surface area (Å²) in [6.07, 6.45) is 4.57. The number of imide groups is 1. The quantitative estimate of drug-likeness (QED) is 0.720. The summed E-state index contributed by atoms with van der Waals surface area (Å²) in [5, 5.41) is 5.34. The summed E-state index contributed by atoms with van der Waals surface area (Å²) in [6, 6.07) is 8.23. The van der Waals surface area contributed by atoms with Gasteiger partial charge in [-0.05, 0) is 50.4 Å². The van der Waals surface area contributed by atoms with E-state index in [2.05, 4.69) is 34.6 Å². The molecule has 4 amide bonds. The molecule has 0 spiro atoms. The molecule has 2 saturated heterocycles. The number of hydrogen-bond donors (Lipinski definition) is 2. The van der Waals surface area contributed by atoms with Gasteiger partial charge in [0.05, 0.1) is 6.54 Å². The van der Waals surface area contributed by atoms with Crippen molar-refractivity contribution >= 4 is 23.5 Å². The number of carbonyl (C=O) groups is 3. The number of nitrogens with zero attached hydrogens (tertiary/aromatic N) is 2. The summed E-state index contributed by atoms with van der Waals surface area (Å²) < 4.78 is 0. The lowest BCUT2D eigenvalue weighted by Crippen LogP contribution is -2.36. The molecule has 1 atom stereocenters. The first-order valence-corrected chi connectivity index (χ1v) is 9.74. The highest BCUT2D eigenvalue weighted by atomic mass is 16.2. The molecule has 2 aliphatic rings. The molecule has 0 radical (unpaired) electrons. The number of benzene rings is 1. The van der Waals surface area contributed by atoms with E-state index in [0.717, 1.165) is 23.7 Å². The van der Waals surface area contributed by atoms with Crippen molar-refractivity contribution in [1.82, 2.24) is 15.1 Å². The van der Waals surface area contributed by atoms with Crippen molar-refractivity contribution in [1.29, 1.82) is 0 Å². The molecular formula is C20H28N4O3. The predicted octanol–water partition coefficient (Wildman–Crippen LogP) is 2.33. The number of anilines is 1. The Morgan fingerprint density at radius 3 is 2.67 bits per heavy atom. The van der Waals surface area contributed by atoms with E-state index in [1.54, 1.807) is 0 Å². The van der Waals surface area contributed by atoms with E-state index in [1.165, 1.54) is 24.8 Å². The topological polar surface area (TPSA) is 81.8 Å². The molecule has 2 N–H and O–H groups in total. The van der Waals surface area contributed by atoms with Crippen LogP contribution in [0.5, 0.6) is 0 Å². The molecule has 2 heterocycles. The molecule has 1 aromatic carbocycles. The molecule has 0 saturated carbocycles. The number of piperidine rings is 1. The summed E-state index contributed by atoms with van der Waals surface area (Å²) in [7, 11) is 0. The van der Waals surface area contributed by atoms with Gasteiger partial charge >= 0.3 is 6.03 Å². The number of nitrogens with one attached hydrogen (secondary N) is 2. The third-order valence-electron chi connectivity index (χ3n) is 5.29. The largest absolute Gasteiger partial charge is 0.329 e. The van der Waals surface area contributed by atoms with E-state index < -0.39 is 0 Å². The minimum atomic E-state index is -0.376. The Morgan fingerprint density at radius 2 is 2.00 bits per heavy atom. The molecule has 146 valence electrons. The van der Waals surface area contributed by atoms with E-state index >= 15 is 0 Å². The van der Waals surface area contributed by atoms with Crippen LogP contribution in [0.1, 0.15) is 44.6 Å². The average molecular weight is 372 g/mol. The molecule has 27 heavy (non-hydrogen) atoms. The van der Waals surface area contributed by atoms with Gasteiger partial charge in [-0.25, -0.2) is 4.79 Å². The van der Waals surface area contributed by atoms with Crippen molar-refractivity contribution in [3.8, 4) is 0 Å². The van der Waals surface area contributed by atoms with Gasteiger partial charge in [0, 0.05) is 31.2 Å². The van der Waals surface area contributed by atoms with Crippen LogP contribution in [0.25, 0.3) is 0 Å². The molecule has 7 nitrogen and oxygen atoms in total. The first-order chi connectivity index (χ1) is 13.0. The maximum atomic E-state index is 12.1. The highest BCUT2D eigenvalue weighted by Gasteiger charge is 2.27. The number of hydrogen-bond acceptors (Lipinski definition) is 4. The second kappa shape index (κ2) is 8.99. The normalized spacial score (nSPS) is 20.6. The zero-order chi connectivity index (χ0) is 19.2. The summed E-state index contributed by atoms with van der Waals surface area (Å²) >= 11 is 0. The van der Waals surface area contributed by atoms with Crippen LogP contribution in [0.3, 0.4) is 0 Å². The first-order valence-electron chi connectivity index (χ1n) is 9.74. The molecule has 0 bridgehead atoms. The number of urea groups is 1. The van der Waals surface area contributed by atoms with Gasteiger partial charge in [0.1, 0.15) is 0 Å². The summed E-state index contributed by atoms with van der Waals surface area (Å²) in [6.45, 7) is 4.70.